The second-order valence-electron chi connectivity index (χ2n) is 4.86. The van der Waals surface area contributed by atoms with Crippen molar-refractivity contribution in [1.29, 1.82) is 0 Å². The van der Waals surface area contributed by atoms with Gasteiger partial charge in [-0.1, -0.05) is 46.0 Å². The summed E-state index contributed by atoms with van der Waals surface area (Å²) in [4.78, 5) is 0. The van der Waals surface area contributed by atoms with E-state index in [1.54, 1.807) is 7.11 Å². The molecule has 0 aliphatic heterocycles. The second kappa shape index (κ2) is 11.4. The Morgan fingerprint density at radius 2 is 1.88 bits per heavy atom. The van der Waals surface area contributed by atoms with Gasteiger partial charge in [-0.05, 0) is 18.8 Å². The van der Waals surface area contributed by atoms with Gasteiger partial charge in [0.1, 0.15) is 0 Å². The number of ether oxygens (including phenoxy) is 1. The summed E-state index contributed by atoms with van der Waals surface area (Å²) < 4.78 is 5.14. The van der Waals surface area contributed by atoms with Crippen molar-refractivity contribution in [2.45, 2.75) is 64.8 Å². The van der Waals surface area contributed by atoms with E-state index in [4.69, 9.17) is 10.6 Å². The van der Waals surface area contributed by atoms with Gasteiger partial charge in [-0.15, -0.1) is 0 Å². The van der Waals surface area contributed by atoms with E-state index in [1.165, 1.54) is 38.5 Å². The molecule has 0 radical (unpaired) electrons. The van der Waals surface area contributed by atoms with E-state index in [9.17, 15) is 0 Å². The Hall–Kier alpha value is -0.120. The van der Waals surface area contributed by atoms with Gasteiger partial charge < -0.3 is 4.74 Å². The Morgan fingerprint density at radius 1 is 1.19 bits per heavy atom. The fourth-order valence-corrected chi connectivity index (χ4v) is 2.10. The number of methoxy groups -OCH3 is 1. The molecule has 0 aliphatic rings. The summed E-state index contributed by atoms with van der Waals surface area (Å²) in [6, 6.07) is 0.451. The lowest BCUT2D eigenvalue weighted by Crippen LogP contribution is -2.36. The van der Waals surface area contributed by atoms with Crippen LogP contribution in [0.5, 0.6) is 0 Å². The van der Waals surface area contributed by atoms with Crippen LogP contribution >= 0.6 is 0 Å². The third-order valence-electron chi connectivity index (χ3n) is 3.03. The molecule has 2 atom stereocenters. The number of rotatable bonds is 11. The number of hydrogen-bond donors (Lipinski definition) is 2. The highest BCUT2D eigenvalue weighted by atomic mass is 16.5. The molecule has 16 heavy (non-hydrogen) atoms. The first-order chi connectivity index (χ1) is 7.74. The fourth-order valence-electron chi connectivity index (χ4n) is 2.10. The van der Waals surface area contributed by atoms with Crippen molar-refractivity contribution >= 4 is 0 Å². The number of nitrogens with two attached hydrogens (primary N) is 1. The molecule has 2 unspecified atom stereocenters. The van der Waals surface area contributed by atoms with Crippen LogP contribution in [0.15, 0.2) is 0 Å². The summed E-state index contributed by atoms with van der Waals surface area (Å²) in [5.41, 5.74) is 2.93. The Balaban J connectivity index is 3.50. The minimum Gasteiger partial charge on any atom is -0.384 e. The highest BCUT2D eigenvalue weighted by Gasteiger charge is 2.11. The lowest BCUT2D eigenvalue weighted by Gasteiger charge is -2.19. The molecular weight excluding hydrogens is 200 g/mol. The Bertz CT molecular complexity index is 142. The molecule has 3 N–H and O–H groups in total. The predicted octanol–water partition coefficient (Wildman–Crippen LogP) is 2.85. The molecule has 0 rings (SSSR count). The van der Waals surface area contributed by atoms with E-state index in [0.29, 0.717) is 12.0 Å². The standard InChI is InChI=1S/C13H30N2O/c1-4-5-6-7-8-9-13(15-14)10-12(2)11-16-3/h12-13,15H,4-11,14H2,1-3H3. The van der Waals surface area contributed by atoms with Crippen LogP contribution in [0, 0.1) is 5.92 Å². The first kappa shape index (κ1) is 15.9. The maximum absolute atomic E-state index is 5.57. The van der Waals surface area contributed by atoms with Crippen LogP contribution in [0.1, 0.15) is 58.8 Å². The van der Waals surface area contributed by atoms with Crippen molar-refractivity contribution < 1.29 is 4.74 Å². The molecule has 0 amide bonds. The van der Waals surface area contributed by atoms with Crippen molar-refractivity contribution in [1.82, 2.24) is 5.43 Å². The average molecular weight is 230 g/mol. The van der Waals surface area contributed by atoms with Crippen molar-refractivity contribution in [3.05, 3.63) is 0 Å². The van der Waals surface area contributed by atoms with Gasteiger partial charge in [0, 0.05) is 19.8 Å². The molecule has 0 spiro atoms. The molecule has 0 aromatic carbocycles. The molecular formula is C13H30N2O. The predicted molar refractivity (Wildman–Crippen MR) is 70.1 cm³/mol. The molecule has 0 fully saturated rings. The molecule has 0 aromatic heterocycles. The summed E-state index contributed by atoms with van der Waals surface area (Å²) in [6.07, 6.45) is 8.96. The van der Waals surface area contributed by atoms with E-state index in [2.05, 4.69) is 19.3 Å². The topological polar surface area (TPSA) is 47.3 Å². The summed E-state index contributed by atoms with van der Waals surface area (Å²) in [5, 5.41) is 0. The Labute approximate surface area is 101 Å². The zero-order valence-electron chi connectivity index (χ0n) is 11.3. The van der Waals surface area contributed by atoms with Crippen LogP contribution in [0.2, 0.25) is 0 Å². The van der Waals surface area contributed by atoms with Gasteiger partial charge in [0.2, 0.25) is 0 Å². The summed E-state index contributed by atoms with van der Waals surface area (Å²) in [7, 11) is 1.76. The van der Waals surface area contributed by atoms with E-state index in [1.807, 2.05) is 0 Å². The Kier molecular flexibility index (Phi) is 11.3. The van der Waals surface area contributed by atoms with Gasteiger partial charge in [-0.2, -0.15) is 0 Å². The zero-order valence-corrected chi connectivity index (χ0v) is 11.3. The SMILES string of the molecule is CCCCCCCC(CC(C)COC)NN. The van der Waals surface area contributed by atoms with Crippen molar-refractivity contribution in [3.63, 3.8) is 0 Å². The van der Waals surface area contributed by atoms with Crippen LogP contribution in [-0.2, 0) is 4.74 Å². The summed E-state index contributed by atoms with van der Waals surface area (Å²) >= 11 is 0. The summed E-state index contributed by atoms with van der Waals surface area (Å²) in [6.45, 7) is 5.29. The Morgan fingerprint density at radius 3 is 2.44 bits per heavy atom. The monoisotopic (exact) mass is 230 g/mol. The van der Waals surface area contributed by atoms with Gasteiger partial charge >= 0.3 is 0 Å². The lowest BCUT2D eigenvalue weighted by molar-refractivity contribution is 0.148. The smallest absolute Gasteiger partial charge is 0.0488 e. The highest BCUT2D eigenvalue weighted by Crippen LogP contribution is 2.13. The van der Waals surface area contributed by atoms with Crippen LogP contribution in [0.3, 0.4) is 0 Å². The van der Waals surface area contributed by atoms with Crippen molar-refractivity contribution in [2.75, 3.05) is 13.7 Å². The molecule has 0 heterocycles. The summed E-state index contributed by atoms with van der Waals surface area (Å²) in [5.74, 6) is 6.15. The van der Waals surface area contributed by atoms with Crippen LogP contribution < -0.4 is 11.3 Å². The molecule has 0 aromatic rings. The zero-order chi connectivity index (χ0) is 12.2. The van der Waals surface area contributed by atoms with E-state index in [0.717, 1.165) is 13.0 Å². The molecule has 3 nitrogen and oxygen atoms in total. The number of nitrogens with one attached hydrogen (secondary N) is 1. The largest absolute Gasteiger partial charge is 0.384 e. The molecule has 0 saturated carbocycles. The lowest BCUT2D eigenvalue weighted by atomic mass is 9.98. The quantitative estimate of drug-likeness (QED) is 0.326. The third kappa shape index (κ3) is 9.13. The maximum atomic E-state index is 5.57. The number of hydrazine groups is 1. The van der Waals surface area contributed by atoms with Gasteiger partial charge in [0.05, 0.1) is 0 Å². The van der Waals surface area contributed by atoms with Gasteiger partial charge in [0.15, 0.2) is 0 Å². The second-order valence-corrected chi connectivity index (χ2v) is 4.86. The van der Waals surface area contributed by atoms with E-state index in [-0.39, 0.29) is 0 Å². The normalized spacial score (nSPS) is 15.0. The van der Waals surface area contributed by atoms with Crippen LogP contribution in [-0.4, -0.2) is 19.8 Å². The van der Waals surface area contributed by atoms with Crippen molar-refractivity contribution in [2.24, 2.45) is 11.8 Å². The van der Waals surface area contributed by atoms with Crippen LogP contribution in [0.25, 0.3) is 0 Å². The van der Waals surface area contributed by atoms with Gasteiger partial charge in [0.25, 0.3) is 0 Å². The minimum atomic E-state index is 0.451. The average Bonchev–Trinajstić information content (AvgIpc) is 2.27. The maximum Gasteiger partial charge on any atom is 0.0488 e. The first-order valence-electron chi connectivity index (χ1n) is 6.69. The first-order valence-corrected chi connectivity index (χ1v) is 6.69. The van der Waals surface area contributed by atoms with Crippen molar-refractivity contribution in [3.8, 4) is 0 Å². The molecule has 0 saturated heterocycles. The minimum absolute atomic E-state index is 0.451. The number of unbranched alkanes of at least 4 members (excludes halogenated alkanes) is 4. The van der Waals surface area contributed by atoms with Gasteiger partial charge in [-0.3, -0.25) is 11.3 Å². The molecule has 98 valence electrons. The van der Waals surface area contributed by atoms with E-state index >= 15 is 0 Å². The molecule has 3 heteroatoms. The number of hydrogen-bond acceptors (Lipinski definition) is 3. The fraction of sp³-hybridized carbons (Fsp3) is 1.00. The van der Waals surface area contributed by atoms with E-state index < -0.39 is 0 Å². The van der Waals surface area contributed by atoms with Crippen LogP contribution in [0.4, 0.5) is 0 Å². The van der Waals surface area contributed by atoms with Gasteiger partial charge in [-0.25, -0.2) is 0 Å². The third-order valence-corrected chi connectivity index (χ3v) is 3.03. The molecule has 0 bridgehead atoms. The molecule has 0 aliphatic carbocycles. The highest BCUT2D eigenvalue weighted by molar-refractivity contribution is 4.67.